The molecular weight excluding hydrogens is 234 g/mol. The Labute approximate surface area is 108 Å². The van der Waals surface area contributed by atoms with Crippen molar-refractivity contribution >= 4 is 17.7 Å². The van der Waals surface area contributed by atoms with E-state index in [1.165, 1.54) is 18.6 Å². The number of thioether (sulfide) groups is 1. The van der Waals surface area contributed by atoms with Gasteiger partial charge in [-0.3, -0.25) is 0 Å². The molecule has 0 fully saturated rings. The first kappa shape index (κ1) is 14.4. The van der Waals surface area contributed by atoms with Crippen molar-refractivity contribution in [3.05, 3.63) is 12.4 Å². The lowest BCUT2D eigenvalue weighted by Crippen LogP contribution is -2.10. The summed E-state index contributed by atoms with van der Waals surface area (Å²) in [6.45, 7) is 2.75. The van der Waals surface area contributed by atoms with E-state index in [2.05, 4.69) is 21.1 Å². The first-order chi connectivity index (χ1) is 8.38. The molecule has 0 bridgehead atoms. The molecule has 0 saturated heterocycles. The molecule has 0 atom stereocenters. The molecule has 1 aromatic rings. The van der Waals surface area contributed by atoms with Crippen LogP contribution in [0.15, 0.2) is 12.4 Å². The van der Waals surface area contributed by atoms with Gasteiger partial charge in [0.1, 0.15) is 0 Å². The van der Waals surface area contributed by atoms with Crippen LogP contribution in [0.1, 0.15) is 19.3 Å². The molecule has 0 aliphatic heterocycles. The second kappa shape index (κ2) is 9.36. The summed E-state index contributed by atoms with van der Waals surface area (Å²) in [7, 11) is 1.73. The van der Waals surface area contributed by atoms with Crippen LogP contribution in [0.3, 0.4) is 0 Å². The third-order valence-corrected chi connectivity index (χ3v) is 3.22. The molecule has 4 nitrogen and oxygen atoms in total. The van der Waals surface area contributed by atoms with Gasteiger partial charge < -0.3 is 14.6 Å². The van der Waals surface area contributed by atoms with Crippen LogP contribution in [-0.4, -0.2) is 41.8 Å². The van der Waals surface area contributed by atoms with E-state index in [4.69, 9.17) is 4.74 Å². The second-order valence-electron chi connectivity index (χ2n) is 3.92. The molecule has 0 aromatic carbocycles. The van der Waals surface area contributed by atoms with Crippen LogP contribution in [0, 0.1) is 0 Å². The van der Waals surface area contributed by atoms with Gasteiger partial charge in [-0.05, 0) is 31.3 Å². The van der Waals surface area contributed by atoms with Crippen LogP contribution in [0.25, 0.3) is 0 Å². The van der Waals surface area contributed by atoms with E-state index >= 15 is 0 Å². The van der Waals surface area contributed by atoms with Crippen molar-refractivity contribution in [2.75, 3.05) is 37.6 Å². The molecule has 0 spiro atoms. The van der Waals surface area contributed by atoms with Gasteiger partial charge in [-0.1, -0.05) is 0 Å². The molecule has 1 heterocycles. The first-order valence-corrected chi connectivity index (χ1v) is 7.50. The summed E-state index contributed by atoms with van der Waals surface area (Å²) in [6.07, 6.45) is 9.53. The topological polar surface area (TPSA) is 39.1 Å². The number of aryl methyl sites for hydroxylation is 1. The SMILES string of the molecule is COCCCNc1nccn1CCCCSC. The Hall–Kier alpha value is -0.680. The Bertz CT molecular complexity index is 265. The molecule has 0 saturated carbocycles. The molecule has 98 valence electrons. The van der Waals surface area contributed by atoms with Crippen molar-refractivity contribution < 1.29 is 4.74 Å². The van der Waals surface area contributed by atoms with E-state index in [0.29, 0.717) is 0 Å². The van der Waals surface area contributed by atoms with Crippen molar-refractivity contribution in [1.82, 2.24) is 9.55 Å². The predicted molar refractivity (Wildman–Crippen MR) is 74.8 cm³/mol. The minimum absolute atomic E-state index is 0.793. The summed E-state index contributed by atoms with van der Waals surface area (Å²) in [5.41, 5.74) is 0. The van der Waals surface area contributed by atoms with Crippen molar-refractivity contribution in [1.29, 1.82) is 0 Å². The van der Waals surface area contributed by atoms with Gasteiger partial charge in [-0.25, -0.2) is 4.98 Å². The molecule has 0 aliphatic rings. The third-order valence-electron chi connectivity index (χ3n) is 2.52. The smallest absolute Gasteiger partial charge is 0.202 e. The summed E-state index contributed by atoms with van der Waals surface area (Å²) in [4.78, 5) is 4.32. The maximum atomic E-state index is 5.01. The van der Waals surface area contributed by atoms with Crippen LogP contribution in [0.2, 0.25) is 0 Å². The van der Waals surface area contributed by atoms with E-state index in [1.54, 1.807) is 7.11 Å². The summed E-state index contributed by atoms with van der Waals surface area (Å²) >= 11 is 1.91. The van der Waals surface area contributed by atoms with E-state index < -0.39 is 0 Å². The molecule has 17 heavy (non-hydrogen) atoms. The zero-order valence-electron chi connectivity index (χ0n) is 10.8. The molecule has 0 amide bonds. The highest BCUT2D eigenvalue weighted by molar-refractivity contribution is 7.98. The monoisotopic (exact) mass is 257 g/mol. The number of anilines is 1. The van der Waals surface area contributed by atoms with Gasteiger partial charge in [0, 0.05) is 39.2 Å². The maximum absolute atomic E-state index is 5.01. The van der Waals surface area contributed by atoms with Gasteiger partial charge in [0.2, 0.25) is 5.95 Å². The molecule has 1 rings (SSSR count). The Morgan fingerprint density at radius 1 is 1.41 bits per heavy atom. The predicted octanol–water partition coefficient (Wildman–Crippen LogP) is 2.47. The van der Waals surface area contributed by atoms with Crippen LogP contribution in [-0.2, 0) is 11.3 Å². The number of nitrogens with zero attached hydrogens (tertiary/aromatic N) is 2. The van der Waals surface area contributed by atoms with Gasteiger partial charge in [0.25, 0.3) is 0 Å². The fourth-order valence-electron chi connectivity index (χ4n) is 1.60. The number of aromatic nitrogens is 2. The summed E-state index contributed by atoms with van der Waals surface area (Å²) in [5, 5.41) is 3.34. The Kier molecular flexibility index (Phi) is 7.92. The van der Waals surface area contributed by atoms with Gasteiger partial charge >= 0.3 is 0 Å². The first-order valence-electron chi connectivity index (χ1n) is 6.11. The Morgan fingerprint density at radius 2 is 2.29 bits per heavy atom. The standard InChI is InChI=1S/C12H23N3OS/c1-16-10-5-6-13-12-14-7-9-15(12)8-3-4-11-17-2/h7,9H,3-6,8,10-11H2,1-2H3,(H,13,14). The number of hydrogen-bond donors (Lipinski definition) is 1. The number of nitrogens with one attached hydrogen (secondary N) is 1. The number of rotatable bonds is 10. The average Bonchev–Trinajstić information content (AvgIpc) is 2.78. The lowest BCUT2D eigenvalue weighted by Gasteiger charge is -2.09. The fraction of sp³-hybridized carbons (Fsp3) is 0.750. The minimum atomic E-state index is 0.793. The highest BCUT2D eigenvalue weighted by Gasteiger charge is 2.01. The van der Waals surface area contributed by atoms with E-state index in [1.807, 2.05) is 24.2 Å². The molecule has 1 N–H and O–H groups in total. The van der Waals surface area contributed by atoms with Gasteiger partial charge in [-0.2, -0.15) is 11.8 Å². The largest absolute Gasteiger partial charge is 0.385 e. The molecule has 0 unspecified atom stereocenters. The van der Waals surface area contributed by atoms with Gasteiger partial charge in [0.15, 0.2) is 0 Å². The lowest BCUT2D eigenvalue weighted by molar-refractivity contribution is 0.197. The van der Waals surface area contributed by atoms with Crippen molar-refractivity contribution in [3.63, 3.8) is 0 Å². The Balaban J connectivity index is 2.22. The average molecular weight is 257 g/mol. The van der Waals surface area contributed by atoms with Crippen LogP contribution in [0.5, 0.6) is 0 Å². The van der Waals surface area contributed by atoms with Crippen molar-refractivity contribution in [2.24, 2.45) is 0 Å². The third kappa shape index (κ3) is 5.98. The maximum Gasteiger partial charge on any atom is 0.202 e. The number of hydrogen-bond acceptors (Lipinski definition) is 4. The van der Waals surface area contributed by atoms with Gasteiger partial charge in [0.05, 0.1) is 0 Å². The van der Waals surface area contributed by atoms with E-state index in [9.17, 15) is 0 Å². The second-order valence-corrected chi connectivity index (χ2v) is 4.90. The van der Waals surface area contributed by atoms with E-state index in [-0.39, 0.29) is 0 Å². The quantitative estimate of drug-likeness (QED) is 0.654. The van der Waals surface area contributed by atoms with Crippen molar-refractivity contribution in [2.45, 2.75) is 25.8 Å². The fourth-order valence-corrected chi connectivity index (χ4v) is 2.09. The summed E-state index contributed by atoms with van der Waals surface area (Å²) < 4.78 is 7.20. The normalized spacial score (nSPS) is 10.7. The summed E-state index contributed by atoms with van der Waals surface area (Å²) in [5.74, 6) is 2.22. The zero-order chi connectivity index (χ0) is 12.3. The number of unbranched alkanes of at least 4 members (excludes halogenated alkanes) is 1. The van der Waals surface area contributed by atoms with E-state index in [0.717, 1.165) is 32.1 Å². The van der Waals surface area contributed by atoms with Crippen LogP contribution < -0.4 is 5.32 Å². The molecule has 0 aliphatic carbocycles. The molecule has 0 radical (unpaired) electrons. The number of methoxy groups -OCH3 is 1. The molecule has 5 heteroatoms. The number of imidazole rings is 1. The summed E-state index contributed by atoms with van der Waals surface area (Å²) in [6, 6.07) is 0. The molecular formula is C12H23N3OS. The highest BCUT2D eigenvalue weighted by atomic mass is 32.2. The van der Waals surface area contributed by atoms with Crippen LogP contribution >= 0.6 is 11.8 Å². The Morgan fingerprint density at radius 3 is 3.06 bits per heavy atom. The molecule has 1 aromatic heterocycles. The highest BCUT2D eigenvalue weighted by Crippen LogP contribution is 2.08. The lowest BCUT2D eigenvalue weighted by atomic mass is 10.3. The minimum Gasteiger partial charge on any atom is -0.385 e. The zero-order valence-corrected chi connectivity index (χ0v) is 11.6. The number of ether oxygens (including phenoxy) is 1. The van der Waals surface area contributed by atoms with Crippen LogP contribution in [0.4, 0.5) is 5.95 Å². The van der Waals surface area contributed by atoms with Crippen molar-refractivity contribution in [3.8, 4) is 0 Å². The van der Waals surface area contributed by atoms with Gasteiger partial charge in [-0.15, -0.1) is 0 Å².